The van der Waals surface area contributed by atoms with Crippen LogP contribution in [0.5, 0.6) is 0 Å². The first-order valence-electron chi connectivity index (χ1n) is 6.12. The van der Waals surface area contributed by atoms with Crippen LogP contribution in [-0.2, 0) is 13.0 Å². The van der Waals surface area contributed by atoms with Gasteiger partial charge in [0.05, 0.1) is 12.7 Å². The Labute approximate surface area is 111 Å². The number of rotatable bonds is 5. The molecule has 0 spiro atoms. The lowest BCUT2D eigenvalue weighted by Crippen LogP contribution is -2.04. The molecule has 19 heavy (non-hydrogen) atoms. The maximum Gasteiger partial charge on any atom is 0.373 e. The maximum absolute atomic E-state index is 10.7. The summed E-state index contributed by atoms with van der Waals surface area (Å²) in [7, 11) is 0. The molecule has 0 aliphatic rings. The summed E-state index contributed by atoms with van der Waals surface area (Å²) >= 11 is 0. The van der Waals surface area contributed by atoms with Gasteiger partial charge < -0.3 is 14.8 Å². The lowest BCUT2D eigenvalue weighted by Gasteiger charge is -2.12. The van der Waals surface area contributed by atoms with Gasteiger partial charge in [0.25, 0.3) is 0 Å². The third kappa shape index (κ3) is 2.93. The van der Waals surface area contributed by atoms with E-state index in [1.165, 1.54) is 11.8 Å². The average Bonchev–Trinajstić information content (AvgIpc) is 2.86. The molecule has 5 heteroatoms. The minimum absolute atomic E-state index is 0.141. The Morgan fingerprint density at radius 2 is 2.26 bits per heavy atom. The van der Waals surface area contributed by atoms with E-state index in [0.717, 1.165) is 17.7 Å². The van der Waals surface area contributed by atoms with Crippen molar-refractivity contribution in [2.45, 2.75) is 26.8 Å². The van der Waals surface area contributed by atoms with Crippen molar-refractivity contribution in [3.8, 4) is 0 Å². The first-order chi connectivity index (χ1) is 9.11. The molecule has 0 fully saturated rings. The van der Waals surface area contributed by atoms with Crippen LogP contribution < -0.4 is 5.32 Å². The molecule has 5 nitrogen and oxygen atoms in total. The Kier molecular flexibility index (Phi) is 3.85. The summed E-state index contributed by atoms with van der Waals surface area (Å²) in [6, 6.07) is 6.11. The number of carbonyl (C=O) groups is 1. The molecular weight excluding hydrogens is 244 g/mol. The molecule has 0 saturated heterocycles. The van der Waals surface area contributed by atoms with Gasteiger partial charge in [-0.15, -0.1) is 0 Å². The summed E-state index contributed by atoms with van der Waals surface area (Å²) in [6.45, 7) is 4.48. The highest BCUT2D eigenvalue weighted by Crippen LogP contribution is 2.21. The SMILES string of the molecule is CCc1cccc(C)c1NCc1ncc(C(=O)O)o1. The third-order valence-electron chi connectivity index (χ3n) is 2.92. The molecule has 1 heterocycles. The van der Waals surface area contributed by atoms with Crippen LogP contribution in [-0.4, -0.2) is 16.1 Å². The number of hydrogen-bond acceptors (Lipinski definition) is 4. The van der Waals surface area contributed by atoms with Crippen LogP contribution >= 0.6 is 0 Å². The van der Waals surface area contributed by atoms with Gasteiger partial charge in [-0.05, 0) is 24.5 Å². The zero-order valence-electron chi connectivity index (χ0n) is 10.9. The molecule has 0 aliphatic carbocycles. The normalized spacial score (nSPS) is 10.4. The van der Waals surface area contributed by atoms with Crippen molar-refractivity contribution < 1.29 is 14.3 Å². The number of carboxylic acid groups (broad SMARTS) is 1. The number of aromatic nitrogens is 1. The predicted molar refractivity (Wildman–Crippen MR) is 71.3 cm³/mol. The van der Waals surface area contributed by atoms with Gasteiger partial charge in [-0.3, -0.25) is 0 Å². The molecule has 0 amide bonds. The Balaban J connectivity index is 2.12. The van der Waals surface area contributed by atoms with Crippen LogP contribution in [0.3, 0.4) is 0 Å². The first kappa shape index (κ1) is 13.1. The van der Waals surface area contributed by atoms with Crippen LogP contribution in [0, 0.1) is 6.92 Å². The molecular formula is C14H16N2O3. The zero-order chi connectivity index (χ0) is 13.8. The second-order valence-corrected chi connectivity index (χ2v) is 4.24. The molecule has 0 unspecified atom stereocenters. The standard InChI is InChI=1S/C14H16N2O3/c1-3-10-6-4-5-9(2)13(10)16-8-12-15-7-11(19-12)14(17)18/h4-7,16H,3,8H2,1-2H3,(H,17,18). The van der Waals surface area contributed by atoms with Crippen LogP contribution in [0.4, 0.5) is 5.69 Å². The molecule has 0 atom stereocenters. The fourth-order valence-electron chi connectivity index (χ4n) is 1.93. The van der Waals surface area contributed by atoms with Crippen molar-refractivity contribution in [1.29, 1.82) is 0 Å². The van der Waals surface area contributed by atoms with Crippen molar-refractivity contribution in [1.82, 2.24) is 4.98 Å². The number of para-hydroxylation sites is 1. The van der Waals surface area contributed by atoms with Crippen LogP contribution in [0.25, 0.3) is 0 Å². The van der Waals surface area contributed by atoms with Crippen LogP contribution in [0.1, 0.15) is 34.5 Å². The molecule has 1 aromatic heterocycles. The minimum Gasteiger partial charge on any atom is -0.475 e. The van der Waals surface area contributed by atoms with Gasteiger partial charge in [0.15, 0.2) is 0 Å². The summed E-state index contributed by atoms with van der Waals surface area (Å²) in [4.78, 5) is 14.6. The Hall–Kier alpha value is -2.30. The lowest BCUT2D eigenvalue weighted by atomic mass is 10.1. The average molecular weight is 260 g/mol. The van der Waals surface area contributed by atoms with E-state index in [1.54, 1.807) is 0 Å². The van der Waals surface area contributed by atoms with E-state index in [2.05, 4.69) is 23.3 Å². The van der Waals surface area contributed by atoms with E-state index >= 15 is 0 Å². The smallest absolute Gasteiger partial charge is 0.373 e. The fraction of sp³-hybridized carbons (Fsp3) is 0.286. The monoisotopic (exact) mass is 260 g/mol. The van der Waals surface area contributed by atoms with Crippen molar-refractivity contribution in [2.24, 2.45) is 0 Å². The number of aryl methyl sites for hydroxylation is 2. The van der Waals surface area contributed by atoms with Gasteiger partial charge in [0, 0.05) is 5.69 Å². The highest BCUT2D eigenvalue weighted by Gasteiger charge is 2.11. The van der Waals surface area contributed by atoms with Crippen LogP contribution in [0.2, 0.25) is 0 Å². The summed E-state index contributed by atoms with van der Waals surface area (Å²) in [5, 5.41) is 12.0. The summed E-state index contributed by atoms with van der Waals surface area (Å²) in [5.74, 6) is -0.885. The summed E-state index contributed by atoms with van der Waals surface area (Å²) in [6.07, 6.45) is 2.15. The molecule has 1 aromatic carbocycles. The number of oxazole rings is 1. The topological polar surface area (TPSA) is 75.4 Å². The molecule has 0 saturated carbocycles. The number of hydrogen-bond donors (Lipinski definition) is 2. The van der Waals surface area contributed by atoms with Crippen molar-refractivity contribution in [2.75, 3.05) is 5.32 Å². The Morgan fingerprint density at radius 1 is 1.47 bits per heavy atom. The number of nitrogens with one attached hydrogen (secondary N) is 1. The van der Waals surface area contributed by atoms with Crippen molar-refractivity contribution >= 4 is 11.7 Å². The Bertz CT molecular complexity index is 590. The largest absolute Gasteiger partial charge is 0.475 e. The van der Waals surface area contributed by atoms with Gasteiger partial charge in [-0.25, -0.2) is 9.78 Å². The second-order valence-electron chi connectivity index (χ2n) is 4.24. The summed E-state index contributed by atoms with van der Waals surface area (Å²) < 4.78 is 5.11. The molecule has 2 rings (SSSR count). The van der Waals surface area contributed by atoms with Crippen molar-refractivity contribution in [3.05, 3.63) is 47.2 Å². The van der Waals surface area contributed by atoms with Crippen LogP contribution in [0.15, 0.2) is 28.8 Å². The van der Waals surface area contributed by atoms with E-state index in [4.69, 9.17) is 9.52 Å². The molecule has 2 N–H and O–H groups in total. The number of anilines is 1. The zero-order valence-corrected chi connectivity index (χ0v) is 10.9. The lowest BCUT2D eigenvalue weighted by molar-refractivity contribution is 0.0660. The van der Waals surface area contributed by atoms with Gasteiger partial charge >= 0.3 is 5.97 Å². The Morgan fingerprint density at radius 3 is 2.89 bits per heavy atom. The third-order valence-corrected chi connectivity index (χ3v) is 2.92. The van der Waals surface area contributed by atoms with E-state index in [-0.39, 0.29) is 5.76 Å². The van der Waals surface area contributed by atoms with Gasteiger partial charge in [0.2, 0.25) is 11.7 Å². The van der Waals surface area contributed by atoms with Gasteiger partial charge in [-0.2, -0.15) is 0 Å². The molecule has 2 aromatic rings. The molecule has 100 valence electrons. The van der Waals surface area contributed by atoms with E-state index in [9.17, 15) is 4.79 Å². The van der Waals surface area contributed by atoms with E-state index < -0.39 is 5.97 Å². The maximum atomic E-state index is 10.7. The number of aromatic carboxylic acids is 1. The summed E-state index contributed by atoms with van der Waals surface area (Å²) in [5.41, 5.74) is 3.41. The molecule has 0 bridgehead atoms. The van der Waals surface area contributed by atoms with Gasteiger partial charge in [-0.1, -0.05) is 25.1 Å². The van der Waals surface area contributed by atoms with E-state index in [1.807, 2.05) is 19.1 Å². The van der Waals surface area contributed by atoms with E-state index in [0.29, 0.717) is 12.4 Å². The number of carboxylic acids is 1. The second kappa shape index (κ2) is 5.56. The quantitative estimate of drug-likeness (QED) is 0.864. The highest BCUT2D eigenvalue weighted by molar-refractivity contribution is 5.83. The van der Waals surface area contributed by atoms with Crippen molar-refractivity contribution in [3.63, 3.8) is 0 Å². The van der Waals surface area contributed by atoms with Gasteiger partial charge in [0.1, 0.15) is 0 Å². The molecule has 0 radical (unpaired) electrons. The number of nitrogens with zero attached hydrogens (tertiary/aromatic N) is 1. The highest BCUT2D eigenvalue weighted by atomic mass is 16.4. The fourth-order valence-corrected chi connectivity index (χ4v) is 1.93. The first-order valence-corrected chi connectivity index (χ1v) is 6.12. The number of benzene rings is 1. The predicted octanol–water partition coefficient (Wildman–Crippen LogP) is 2.86. The minimum atomic E-state index is -1.11. The molecule has 0 aliphatic heterocycles.